The van der Waals surface area contributed by atoms with E-state index in [0.717, 1.165) is 19.3 Å². The fourth-order valence-electron chi connectivity index (χ4n) is 1.39. The van der Waals surface area contributed by atoms with Gasteiger partial charge in [0.15, 0.2) is 0 Å². The SMILES string of the molecule is Nc1ncc(S(=O)(=O)NC2CCC2)cc1Cl. The number of hydrogen-bond donors (Lipinski definition) is 2. The molecule has 1 aromatic heterocycles. The molecule has 0 aliphatic heterocycles. The van der Waals surface area contributed by atoms with Crippen LogP contribution in [-0.4, -0.2) is 19.4 Å². The summed E-state index contributed by atoms with van der Waals surface area (Å²) in [7, 11) is -3.51. The van der Waals surface area contributed by atoms with Gasteiger partial charge in [0, 0.05) is 12.2 Å². The first-order valence-corrected chi connectivity index (χ1v) is 6.78. The zero-order chi connectivity index (χ0) is 11.8. The van der Waals surface area contributed by atoms with Crippen molar-refractivity contribution in [3.05, 3.63) is 17.3 Å². The summed E-state index contributed by atoms with van der Waals surface area (Å²) in [5.41, 5.74) is 5.41. The largest absolute Gasteiger partial charge is 0.382 e. The van der Waals surface area contributed by atoms with E-state index >= 15 is 0 Å². The number of pyridine rings is 1. The van der Waals surface area contributed by atoms with E-state index < -0.39 is 10.0 Å². The normalized spacial score (nSPS) is 17.1. The second kappa shape index (κ2) is 4.20. The van der Waals surface area contributed by atoms with Gasteiger partial charge in [0.2, 0.25) is 10.0 Å². The van der Waals surface area contributed by atoms with E-state index in [1.165, 1.54) is 12.3 Å². The van der Waals surface area contributed by atoms with Crippen LogP contribution in [0.1, 0.15) is 19.3 Å². The molecular weight excluding hydrogens is 250 g/mol. The number of hydrogen-bond acceptors (Lipinski definition) is 4. The summed E-state index contributed by atoms with van der Waals surface area (Å²) in [5, 5.41) is 0.150. The molecule has 0 amide bonds. The Morgan fingerprint density at radius 1 is 1.50 bits per heavy atom. The summed E-state index contributed by atoms with van der Waals surface area (Å²) in [4.78, 5) is 3.78. The van der Waals surface area contributed by atoms with Crippen molar-refractivity contribution in [1.29, 1.82) is 0 Å². The molecule has 3 N–H and O–H groups in total. The predicted molar refractivity (Wildman–Crippen MR) is 61.6 cm³/mol. The minimum absolute atomic E-state index is 0.0429. The molecule has 16 heavy (non-hydrogen) atoms. The Labute approximate surface area is 99.1 Å². The molecule has 1 aromatic rings. The third kappa shape index (κ3) is 2.28. The van der Waals surface area contributed by atoms with Crippen LogP contribution >= 0.6 is 11.6 Å². The van der Waals surface area contributed by atoms with Gasteiger partial charge in [0.05, 0.1) is 5.02 Å². The van der Waals surface area contributed by atoms with Crippen molar-refractivity contribution in [3.63, 3.8) is 0 Å². The molecule has 2 rings (SSSR count). The van der Waals surface area contributed by atoms with Crippen LogP contribution in [0.5, 0.6) is 0 Å². The smallest absolute Gasteiger partial charge is 0.242 e. The maximum absolute atomic E-state index is 11.8. The van der Waals surface area contributed by atoms with Gasteiger partial charge in [-0.3, -0.25) is 0 Å². The highest BCUT2D eigenvalue weighted by molar-refractivity contribution is 7.89. The van der Waals surface area contributed by atoms with Crippen molar-refractivity contribution in [2.75, 3.05) is 5.73 Å². The zero-order valence-corrected chi connectivity index (χ0v) is 10.1. The standard InChI is InChI=1S/C9H12ClN3O2S/c10-8-4-7(5-12-9(8)11)16(14,15)13-6-2-1-3-6/h4-6,13H,1-3H2,(H2,11,12). The molecule has 5 nitrogen and oxygen atoms in total. The van der Waals surface area contributed by atoms with Gasteiger partial charge in [-0.15, -0.1) is 0 Å². The Kier molecular flexibility index (Phi) is 3.05. The first kappa shape index (κ1) is 11.6. The first-order chi connectivity index (χ1) is 7.49. The molecule has 1 heterocycles. The van der Waals surface area contributed by atoms with E-state index in [0.29, 0.717) is 0 Å². The average molecular weight is 262 g/mol. The molecular formula is C9H12ClN3O2S. The number of nitrogens with two attached hydrogens (primary N) is 1. The molecule has 0 spiro atoms. The van der Waals surface area contributed by atoms with Crippen LogP contribution in [-0.2, 0) is 10.0 Å². The Balaban J connectivity index is 2.24. The number of halogens is 1. The van der Waals surface area contributed by atoms with Crippen LogP contribution in [0.25, 0.3) is 0 Å². The van der Waals surface area contributed by atoms with E-state index in [1.54, 1.807) is 0 Å². The lowest BCUT2D eigenvalue weighted by Gasteiger charge is -2.26. The number of nitrogens with one attached hydrogen (secondary N) is 1. The monoisotopic (exact) mass is 261 g/mol. The minimum Gasteiger partial charge on any atom is -0.382 e. The van der Waals surface area contributed by atoms with Crippen molar-refractivity contribution >= 4 is 27.4 Å². The lowest BCUT2D eigenvalue weighted by molar-refractivity contribution is 0.383. The highest BCUT2D eigenvalue weighted by Gasteiger charge is 2.25. The fourth-order valence-corrected chi connectivity index (χ4v) is 2.90. The minimum atomic E-state index is -3.51. The lowest BCUT2D eigenvalue weighted by Crippen LogP contribution is -2.39. The van der Waals surface area contributed by atoms with E-state index in [9.17, 15) is 8.42 Å². The van der Waals surface area contributed by atoms with Crippen LogP contribution in [0.4, 0.5) is 5.82 Å². The van der Waals surface area contributed by atoms with Gasteiger partial charge < -0.3 is 5.73 Å². The summed E-state index contributed by atoms with van der Waals surface area (Å²) in [6, 6.07) is 1.35. The van der Waals surface area contributed by atoms with Gasteiger partial charge in [0.1, 0.15) is 10.7 Å². The molecule has 0 radical (unpaired) electrons. The van der Waals surface area contributed by atoms with Crippen LogP contribution in [0, 0.1) is 0 Å². The lowest BCUT2D eigenvalue weighted by atomic mass is 9.94. The molecule has 1 aliphatic rings. The number of sulfonamides is 1. The Hall–Kier alpha value is -0.850. The quantitative estimate of drug-likeness (QED) is 0.855. The number of aromatic nitrogens is 1. The topological polar surface area (TPSA) is 85.1 Å². The van der Waals surface area contributed by atoms with E-state index in [2.05, 4.69) is 9.71 Å². The Morgan fingerprint density at radius 3 is 2.69 bits per heavy atom. The number of nitrogen functional groups attached to an aromatic ring is 1. The summed E-state index contributed by atoms with van der Waals surface area (Å²) in [6.45, 7) is 0. The Bertz CT molecular complexity index is 499. The first-order valence-electron chi connectivity index (χ1n) is 4.92. The third-order valence-electron chi connectivity index (χ3n) is 2.58. The third-order valence-corrected chi connectivity index (χ3v) is 4.37. The molecule has 0 unspecified atom stereocenters. The predicted octanol–water partition coefficient (Wildman–Crippen LogP) is 1.15. The highest BCUT2D eigenvalue weighted by Crippen LogP contribution is 2.23. The maximum Gasteiger partial charge on any atom is 0.242 e. The van der Waals surface area contributed by atoms with Crippen molar-refractivity contribution in [2.45, 2.75) is 30.2 Å². The van der Waals surface area contributed by atoms with E-state index in [4.69, 9.17) is 17.3 Å². The average Bonchev–Trinajstić information content (AvgIpc) is 2.16. The summed E-state index contributed by atoms with van der Waals surface area (Å²) < 4.78 is 26.3. The second-order valence-corrected chi connectivity index (χ2v) is 5.91. The molecule has 7 heteroatoms. The molecule has 1 saturated carbocycles. The maximum atomic E-state index is 11.8. The van der Waals surface area contributed by atoms with Crippen molar-refractivity contribution in [3.8, 4) is 0 Å². The molecule has 88 valence electrons. The Morgan fingerprint density at radius 2 is 2.19 bits per heavy atom. The summed E-state index contributed by atoms with van der Waals surface area (Å²) >= 11 is 5.72. The number of anilines is 1. The molecule has 1 aliphatic carbocycles. The zero-order valence-electron chi connectivity index (χ0n) is 8.48. The van der Waals surface area contributed by atoms with Crippen LogP contribution < -0.4 is 10.5 Å². The fraction of sp³-hybridized carbons (Fsp3) is 0.444. The van der Waals surface area contributed by atoms with Gasteiger partial charge >= 0.3 is 0 Å². The van der Waals surface area contributed by atoms with Crippen LogP contribution in [0.15, 0.2) is 17.2 Å². The van der Waals surface area contributed by atoms with Gasteiger partial charge in [-0.1, -0.05) is 18.0 Å². The molecule has 0 aromatic carbocycles. The molecule has 0 bridgehead atoms. The van der Waals surface area contributed by atoms with E-state index in [-0.39, 0.29) is 21.8 Å². The molecule has 0 saturated heterocycles. The number of rotatable bonds is 3. The number of nitrogens with zero attached hydrogens (tertiary/aromatic N) is 1. The van der Waals surface area contributed by atoms with Crippen molar-refractivity contribution in [2.24, 2.45) is 0 Å². The highest BCUT2D eigenvalue weighted by atomic mass is 35.5. The second-order valence-electron chi connectivity index (χ2n) is 3.79. The summed E-state index contributed by atoms with van der Waals surface area (Å²) in [5.74, 6) is 0.129. The van der Waals surface area contributed by atoms with Gasteiger partial charge in [-0.25, -0.2) is 18.1 Å². The van der Waals surface area contributed by atoms with Crippen LogP contribution in [0.3, 0.4) is 0 Å². The van der Waals surface area contributed by atoms with Gasteiger partial charge in [0.25, 0.3) is 0 Å². The van der Waals surface area contributed by atoms with Crippen LogP contribution in [0.2, 0.25) is 5.02 Å². The van der Waals surface area contributed by atoms with Gasteiger partial charge in [-0.2, -0.15) is 0 Å². The molecule has 0 atom stereocenters. The summed E-state index contributed by atoms with van der Waals surface area (Å²) in [6.07, 6.45) is 4.04. The van der Waals surface area contributed by atoms with Crippen molar-refractivity contribution < 1.29 is 8.42 Å². The van der Waals surface area contributed by atoms with Gasteiger partial charge in [-0.05, 0) is 18.9 Å². The molecule has 1 fully saturated rings. The van der Waals surface area contributed by atoms with Crippen molar-refractivity contribution in [1.82, 2.24) is 9.71 Å². The van der Waals surface area contributed by atoms with E-state index in [1.807, 2.05) is 0 Å².